The highest BCUT2D eigenvalue weighted by atomic mass is 35.5. The predicted molar refractivity (Wildman–Crippen MR) is 91.0 cm³/mol. The van der Waals surface area contributed by atoms with Gasteiger partial charge in [0.15, 0.2) is 0 Å². The number of carbonyl (C=O) groups excluding carboxylic acids is 1. The first-order valence-electron chi connectivity index (χ1n) is 7.53. The second-order valence-corrected chi connectivity index (χ2v) is 6.94. The van der Waals surface area contributed by atoms with Crippen LogP contribution in [0.4, 0.5) is 5.69 Å². The number of hydrogen-bond donors (Lipinski definition) is 2. The Morgan fingerprint density at radius 3 is 2.33 bits per heavy atom. The number of rotatable bonds is 2. The molecule has 1 aliphatic rings. The molecular formula is C17H27ClN2O. The second kappa shape index (κ2) is 7.28. The molecule has 1 fully saturated rings. The van der Waals surface area contributed by atoms with Gasteiger partial charge in [-0.05, 0) is 42.4 Å². The summed E-state index contributed by atoms with van der Waals surface area (Å²) in [5.41, 5.74) is 8.23. The Morgan fingerprint density at radius 2 is 1.81 bits per heavy atom. The van der Waals surface area contributed by atoms with E-state index >= 15 is 0 Å². The molecule has 0 spiro atoms. The minimum absolute atomic E-state index is 0. The highest BCUT2D eigenvalue weighted by Gasteiger charge is 2.25. The van der Waals surface area contributed by atoms with E-state index in [2.05, 4.69) is 38.2 Å². The lowest BCUT2D eigenvalue weighted by Gasteiger charge is -2.25. The first-order valence-corrected chi connectivity index (χ1v) is 7.53. The molecule has 0 aromatic heterocycles. The molecule has 1 aliphatic carbocycles. The summed E-state index contributed by atoms with van der Waals surface area (Å²) in [7, 11) is 0. The van der Waals surface area contributed by atoms with E-state index in [1.807, 2.05) is 12.1 Å². The van der Waals surface area contributed by atoms with Crippen molar-refractivity contribution in [3.8, 4) is 0 Å². The van der Waals surface area contributed by atoms with Crippen LogP contribution in [0.3, 0.4) is 0 Å². The van der Waals surface area contributed by atoms with Gasteiger partial charge in [-0.15, -0.1) is 12.4 Å². The molecule has 2 rings (SSSR count). The summed E-state index contributed by atoms with van der Waals surface area (Å²) in [6.07, 6.45) is 3.87. The molecular weight excluding hydrogens is 284 g/mol. The maximum atomic E-state index is 12.2. The van der Waals surface area contributed by atoms with Crippen LogP contribution in [-0.2, 0) is 10.2 Å². The van der Waals surface area contributed by atoms with Crippen LogP contribution in [0.1, 0.15) is 52.0 Å². The molecule has 0 bridgehead atoms. The lowest BCUT2D eigenvalue weighted by Crippen LogP contribution is -2.34. The van der Waals surface area contributed by atoms with E-state index in [1.54, 1.807) is 0 Å². The largest absolute Gasteiger partial charge is 0.328 e. The Balaban J connectivity index is 0.00000220. The summed E-state index contributed by atoms with van der Waals surface area (Å²) in [5, 5.41) is 3.02. The minimum atomic E-state index is 0. The van der Waals surface area contributed by atoms with E-state index < -0.39 is 0 Å². The molecule has 118 valence electrons. The summed E-state index contributed by atoms with van der Waals surface area (Å²) >= 11 is 0. The first-order chi connectivity index (χ1) is 9.36. The third-order valence-corrected chi connectivity index (χ3v) is 4.10. The van der Waals surface area contributed by atoms with E-state index in [0.717, 1.165) is 31.4 Å². The van der Waals surface area contributed by atoms with Crippen molar-refractivity contribution in [3.05, 3.63) is 29.8 Å². The lowest BCUT2D eigenvalue weighted by molar-refractivity contribution is -0.120. The molecule has 1 amide bonds. The molecule has 0 aliphatic heterocycles. The summed E-state index contributed by atoms with van der Waals surface area (Å²) in [6.45, 7) is 6.55. The number of anilines is 1. The fourth-order valence-corrected chi connectivity index (χ4v) is 2.76. The molecule has 4 heteroatoms. The maximum Gasteiger partial charge on any atom is 0.227 e. The Hall–Kier alpha value is -1.06. The number of halogens is 1. The minimum Gasteiger partial charge on any atom is -0.328 e. The van der Waals surface area contributed by atoms with Gasteiger partial charge in [0.25, 0.3) is 0 Å². The van der Waals surface area contributed by atoms with Gasteiger partial charge < -0.3 is 11.1 Å². The zero-order chi connectivity index (χ0) is 14.8. The fraction of sp³-hybridized carbons (Fsp3) is 0.588. The van der Waals surface area contributed by atoms with Crippen LogP contribution in [0.5, 0.6) is 0 Å². The summed E-state index contributed by atoms with van der Waals surface area (Å²) in [6, 6.07) is 8.33. The zero-order valence-corrected chi connectivity index (χ0v) is 14.0. The van der Waals surface area contributed by atoms with Crippen molar-refractivity contribution in [2.24, 2.45) is 11.7 Å². The first kappa shape index (κ1) is 18.0. The van der Waals surface area contributed by atoms with Crippen molar-refractivity contribution in [1.82, 2.24) is 0 Å². The number of nitrogens with two attached hydrogens (primary N) is 1. The number of carbonyl (C=O) groups is 1. The molecule has 0 saturated heterocycles. The van der Waals surface area contributed by atoms with Crippen molar-refractivity contribution in [3.63, 3.8) is 0 Å². The normalized spacial score (nSPS) is 22.3. The predicted octanol–water partition coefficient (Wildman–Crippen LogP) is 3.86. The van der Waals surface area contributed by atoms with Crippen LogP contribution in [-0.4, -0.2) is 11.9 Å². The highest BCUT2D eigenvalue weighted by molar-refractivity contribution is 5.92. The van der Waals surface area contributed by atoms with Crippen LogP contribution >= 0.6 is 12.4 Å². The molecule has 0 heterocycles. The van der Waals surface area contributed by atoms with Crippen molar-refractivity contribution in [2.45, 2.75) is 57.9 Å². The topological polar surface area (TPSA) is 55.1 Å². The van der Waals surface area contributed by atoms with E-state index in [9.17, 15) is 4.79 Å². The Morgan fingerprint density at radius 1 is 1.19 bits per heavy atom. The van der Waals surface area contributed by atoms with Crippen molar-refractivity contribution < 1.29 is 4.79 Å². The van der Waals surface area contributed by atoms with Gasteiger partial charge in [-0.2, -0.15) is 0 Å². The monoisotopic (exact) mass is 310 g/mol. The average molecular weight is 311 g/mol. The Bertz CT molecular complexity index is 465. The lowest BCUT2D eigenvalue weighted by atomic mass is 9.85. The van der Waals surface area contributed by atoms with Crippen LogP contribution in [0.15, 0.2) is 24.3 Å². The molecule has 21 heavy (non-hydrogen) atoms. The van der Waals surface area contributed by atoms with Gasteiger partial charge >= 0.3 is 0 Å². The van der Waals surface area contributed by atoms with Gasteiger partial charge in [-0.1, -0.05) is 39.3 Å². The fourth-order valence-electron chi connectivity index (χ4n) is 2.76. The zero-order valence-electron chi connectivity index (χ0n) is 13.2. The van der Waals surface area contributed by atoms with Gasteiger partial charge in [0.1, 0.15) is 0 Å². The third-order valence-electron chi connectivity index (χ3n) is 4.10. The molecule has 2 unspecified atom stereocenters. The van der Waals surface area contributed by atoms with Gasteiger partial charge in [0, 0.05) is 17.6 Å². The molecule has 1 aromatic carbocycles. The van der Waals surface area contributed by atoms with Gasteiger partial charge in [0.05, 0.1) is 0 Å². The number of benzene rings is 1. The van der Waals surface area contributed by atoms with E-state index in [1.165, 1.54) is 5.56 Å². The maximum absolute atomic E-state index is 12.2. The third kappa shape index (κ3) is 5.01. The smallest absolute Gasteiger partial charge is 0.227 e. The molecule has 1 saturated carbocycles. The van der Waals surface area contributed by atoms with E-state index in [0.29, 0.717) is 0 Å². The molecule has 3 N–H and O–H groups in total. The molecule has 1 aromatic rings. The second-order valence-electron chi connectivity index (χ2n) is 6.94. The molecule has 2 atom stereocenters. The van der Waals surface area contributed by atoms with Crippen molar-refractivity contribution >= 4 is 24.0 Å². The van der Waals surface area contributed by atoms with Crippen LogP contribution in [0.25, 0.3) is 0 Å². The number of nitrogens with one attached hydrogen (secondary N) is 1. The Kier molecular flexibility index (Phi) is 6.24. The van der Waals surface area contributed by atoms with Crippen LogP contribution in [0, 0.1) is 5.92 Å². The summed E-state index contributed by atoms with van der Waals surface area (Å²) in [4.78, 5) is 12.2. The summed E-state index contributed by atoms with van der Waals surface area (Å²) < 4.78 is 0. The highest BCUT2D eigenvalue weighted by Crippen LogP contribution is 2.26. The van der Waals surface area contributed by atoms with Crippen LogP contribution in [0.2, 0.25) is 0 Å². The van der Waals surface area contributed by atoms with Crippen LogP contribution < -0.4 is 11.1 Å². The van der Waals surface area contributed by atoms with Gasteiger partial charge in [-0.3, -0.25) is 4.79 Å². The molecule has 3 nitrogen and oxygen atoms in total. The van der Waals surface area contributed by atoms with Gasteiger partial charge in [-0.25, -0.2) is 0 Å². The van der Waals surface area contributed by atoms with E-state index in [4.69, 9.17) is 5.73 Å². The van der Waals surface area contributed by atoms with E-state index in [-0.39, 0.29) is 35.7 Å². The van der Waals surface area contributed by atoms with Crippen molar-refractivity contribution in [1.29, 1.82) is 0 Å². The SMILES string of the molecule is CC(C)(C)c1ccc(NC(=O)C2CCCC(N)C2)cc1.Cl. The number of hydrogen-bond acceptors (Lipinski definition) is 2. The van der Waals surface area contributed by atoms with Gasteiger partial charge in [0.2, 0.25) is 5.91 Å². The van der Waals surface area contributed by atoms with Crippen molar-refractivity contribution in [2.75, 3.05) is 5.32 Å². The number of amides is 1. The summed E-state index contributed by atoms with van der Waals surface area (Å²) in [5.74, 6) is 0.185. The average Bonchev–Trinajstić information content (AvgIpc) is 2.38. The molecule has 0 radical (unpaired) electrons. The standard InChI is InChI=1S/C17H26N2O.ClH/c1-17(2,3)13-7-9-15(10-8-13)19-16(20)12-5-4-6-14(18)11-12;/h7-10,12,14H,4-6,11,18H2,1-3H3,(H,19,20);1H. The Labute approximate surface area is 134 Å². The quantitative estimate of drug-likeness (QED) is 0.871.